The van der Waals surface area contributed by atoms with Crippen LogP contribution >= 0.6 is 9.30 Å². The van der Waals surface area contributed by atoms with Gasteiger partial charge in [-0.15, -0.1) is 0 Å². The van der Waals surface area contributed by atoms with Gasteiger partial charge in [0.15, 0.2) is 5.79 Å². The van der Waals surface area contributed by atoms with Crippen molar-refractivity contribution in [3.8, 4) is 0 Å². The SMILES string of the molecule is CC1(C)OC(C(O)(c2ccccc2)c2ccccc2)C(C(O)(c2ccccc2)c2ccccc2)O1.[Cl][Ti+].c1cc[cH-]c1. The molecule has 0 spiro atoms. The minimum Gasteiger partial charge on any atom is -0.214 e. The number of rotatable bonds is 6. The third-order valence-electron chi connectivity index (χ3n) is 7.33. The van der Waals surface area contributed by atoms with Gasteiger partial charge in [0, 0.05) is 0 Å². The van der Waals surface area contributed by atoms with Gasteiger partial charge in [0.1, 0.15) is 23.4 Å². The Labute approximate surface area is 264 Å². The normalized spacial score (nSPS) is 17.7. The third kappa shape index (κ3) is 6.83. The van der Waals surface area contributed by atoms with Crippen molar-refractivity contribution in [1.82, 2.24) is 0 Å². The average molecular weight is 615 g/mol. The van der Waals surface area contributed by atoms with Crippen LogP contribution in [0, 0.1) is 0 Å². The first-order valence-electron chi connectivity index (χ1n) is 13.7. The molecule has 6 heteroatoms. The molecule has 1 aliphatic rings. The van der Waals surface area contributed by atoms with E-state index in [9.17, 15) is 10.2 Å². The van der Waals surface area contributed by atoms with Gasteiger partial charge < -0.3 is 19.7 Å². The summed E-state index contributed by atoms with van der Waals surface area (Å²) >= 11 is 1.47. The Morgan fingerprint density at radius 2 is 0.810 bits per heavy atom. The van der Waals surface area contributed by atoms with E-state index >= 15 is 0 Å². The van der Waals surface area contributed by atoms with Crippen molar-refractivity contribution in [2.45, 2.75) is 43.0 Å². The molecule has 0 radical (unpaired) electrons. The van der Waals surface area contributed by atoms with Crippen LogP contribution in [-0.4, -0.2) is 28.2 Å². The molecule has 5 aromatic carbocycles. The zero-order valence-corrected chi connectivity index (χ0v) is 26.0. The van der Waals surface area contributed by atoms with Gasteiger partial charge in [-0.05, 0) is 36.1 Å². The number of halogens is 1. The monoisotopic (exact) mass is 614 g/mol. The first-order valence-corrected chi connectivity index (χ1v) is 15.9. The number of benzene rings is 4. The molecule has 0 bridgehead atoms. The first-order chi connectivity index (χ1) is 20.4. The quantitative estimate of drug-likeness (QED) is 0.154. The molecular weight excluding hydrogens is 580 g/mol. The molecule has 0 amide bonds. The summed E-state index contributed by atoms with van der Waals surface area (Å²) in [6.07, 6.45) is -1.87. The number of ether oxygens (including phenoxy) is 2. The maximum atomic E-state index is 12.6. The molecule has 1 fully saturated rings. The molecule has 2 atom stereocenters. The Kier molecular flexibility index (Phi) is 11.0. The van der Waals surface area contributed by atoms with E-state index in [2.05, 4.69) is 9.30 Å². The van der Waals surface area contributed by atoms with Gasteiger partial charge in [-0.2, -0.15) is 18.2 Å². The van der Waals surface area contributed by atoms with Crippen molar-refractivity contribution in [2.24, 2.45) is 0 Å². The van der Waals surface area contributed by atoms with Crippen molar-refractivity contribution in [2.75, 3.05) is 0 Å². The van der Waals surface area contributed by atoms with E-state index in [1.807, 2.05) is 166 Å². The summed E-state index contributed by atoms with van der Waals surface area (Å²) in [5.41, 5.74) is -0.564. The second kappa shape index (κ2) is 14.5. The fourth-order valence-corrected chi connectivity index (χ4v) is 5.45. The van der Waals surface area contributed by atoms with E-state index in [1.165, 1.54) is 19.4 Å². The molecule has 1 aliphatic heterocycles. The smallest absolute Gasteiger partial charge is 0.172 e. The van der Waals surface area contributed by atoms with Crippen LogP contribution < -0.4 is 0 Å². The minimum atomic E-state index is -1.60. The van der Waals surface area contributed by atoms with Gasteiger partial charge in [-0.25, -0.2) is 12.1 Å². The molecule has 2 N–H and O–H groups in total. The molecule has 42 heavy (non-hydrogen) atoms. The first kappa shape index (κ1) is 32.0. The summed E-state index contributed by atoms with van der Waals surface area (Å²) < 4.78 is 13.0. The Bertz CT molecular complexity index is 1250. The second-order valence-electron chi connectivity index (χ2n) is 10.4. The summed E-state index contributed by atoms with van der Waals surface area (Å²) in [5, 5.41) is 25.2. The van der Waals surface area contributed by atoms with Crippen LogP contribution in [0.4, 0.5) is 0 Å². The van der Waals surface area contributed by atoms with Crippen molar-refractivity contribution < 1.29 is 39.1 Å². The van der Waals surface area contributed by atoms with Crippen molar-refractivity contribution >= 4 is 9.30 Å². The molecular formula is C36H35ClO4Ti. The summed E-state index contributed by atoms with van der Waals surface area (Å²) in [4.78, 5) is 0. The third-order valence-corrected chi connectivity index (χ3v) is 7.33. The molecule has 1 saturated heterocycles. The summed E-state index contributed by atoms with van der Waals surface area (Å²) in [7, 11) is 4.64. The number of hydrogen-bond donors (Lipinski definition) is 2. The minimum absolute atomic E-state index is 0.658. The Morgan fingerprint density at radius 1 is 0.548 bits per heavy atom. The van der Waals surface area contributed by atoms with Gasteiger partial charge in [-0.1, -0.05) is 121 Å². The van der Waals surface area contributed by atoms with E-state index < -0.39 is 29.2 Å². The summed E-state index contributed by atoms with van der Waals surface area (Å²) in [6.45, 7) is 3.62. The average Bonchev–Trinajstić information content (AvgIpc) is 3.75. The predicted molar refractivity (Wildman–Crippen MR) is 163 cm³/mol. The van der Waals surface area contributed by atoms with E-state index in [0.717, 1.165) is 0 Å². The summed E-state index contributed by atoms with van der Waals surface area (Å²) in [6, 6.07) is 47.8. The van der Waals surface area contributed by atoms with Crippen LogP contribution in [0.5, 0.6) is 0 Å². The molecule has 0 saturated carbocycles. The van der Waals surface area contributed by atoms with Crippen LogP contribution in [0.15, 0.2) is 152 Å². The van der Waals surface area contributed by atoms with Gasteiger partial charge in [0.05, 0.1) is 0 Å². The fourth-order valence-electron chi connectivity index (χ4n) is 5.45. The maximum absolute atomic E-state index is 12.6. The van der Waals surface area contributed by atoms with E-state index in [-0.39, 0.29) is 0 Å². The standard InChI is InChI=1S/C31H30O4.C5H5.ClH.Ti/c1-29(2)34-27(30(32,23-15-7-3-8-16-23)24-17-9-4-10-18-24)28(35-29)31(33,25-19-11-5-12-20-25)26-21-13-6-14-22-26;1-2-4-5-3-1;;/h3-22,27-28,32-33H,1-2H3;1-5H;1H;/q;-1;;+2/p-1. The van der Waals surface area contributed by atoms with Crippen LogP contribution in [-0.2, 0) is 40.1 Å². The Balaban J connectivity index is 0.000000516. The molecule has 6 rings (SSSR count). The van der Waals surface area contributed by atoms with E-state index in [4.69, 9.17) is 9.47 Å². The Morgan fingerprint density at radius 3 is 1.02 bits per heavy atom. The molecule has 5 aromatic rings. The van der Waals surface area contributed by atoms with Gasteiger partial charge >= 0.3 is 28.7 Å². The van der Waals surface area contributed by atoms with Crippen LogP contribution in [0.2, 0.25) is 0 Å². The summed E-state index contributed by atoms with van der Waals surface area (Å²) in [5.74, 6) is -1.05. The molecule has 214 valence electrons. The van der Waals surface area contributed by atoms with E-state index in [1.54, 1.807) is 0 Å². The van der Waals surface area contributed by atoms with Gasteiger partial charge in [0.2, 0.25) is 0 Å². The molecule has 4 nitrogen and oxygen atoms in total. The zero-order chi connectivity index (χ0) is 30.1. The second-order valence-corrected chi connectivity index (χ2v) is 10.4. The van der Waals surface area contributed by atoms with E-state index in [0.29, 0.717) is 22.3 Å². The Hall–Kier alpha value is -2.93. The van der Waals surface area contributed by atoms with Crippen molar-refractivity contribution in [1.29, 1.82) is 0 Å². The molecule has 1 heterocycles. The molecule has 2 unspecified atom stereocenters. The number of hydrogen-bond acceptors (Lipinski definition) is 4. The molecule has 0 aliphatic carbocycles. The van der Waals surface area contributed by atoms with Gasteiger partial charge in [0.25, 0.3) is 0 Å². The van der Waals surface area contributed by atoms with Gasteiger partial charge in [-0.3, -0.25) is 0 Å². The van der Waals surface area contributed by atoms with Crippen LogP contribution in [0.1, 0.15) is 36.1 Å². The fraction of sp³-hybridized carbons (Fsp3) is 0.194. The predicted octanol–water partition coefficient (Wildman–Crippen LogP) is 7.47. The molecule has 0 aromatic heterocycles. The maximum Gasteiger partial charge on any atom is -0.172 e. The largest absolute Gasteiger partial charge is 0.214 e. The van der Waals surface area contributed by atoms with Crippen molar-refractivity contribution in [3.05, 3.63) is 174 Å². The van der Waals surface area contributed by atoms with Crippen LogP contribution in [0.3, 0.4) is 0 Å². The van der Waals surface area contributed by atoms with Crippen LogP contribution in [0.25, 0.3) is 0 Å². The zero-order valence-electron chi connectivity index (χ0n) is 23.7. The number of aliphatic hydroxyl groups is 2. The topological polar surface area (TPSA) is 58.9 Å². The van der Waals surface area contributed by atoms with Crippen molar-refractivity contribution in [3.63, 3.8) is 0 Å².